The van der Waals surface area contributed by atoms with Crippen molar-refractivity contribution in [2.24, 2.45) is 10.3 Å². The number of hydrogen-bond donors (Lipinski definition) is 3. The molecule has 2 aliphatic rings. The fourth-order valence-electron chi connectivity index (χ4n) is 10.7. The molecule has 82 heavy (non-hydrogen) atoms. The number of rotatable bonds is 22. The van der Waals surface area contributed by atoms with E-state index in [9.17, 15) is 15.1 Å². The molecule has 2 atom stereocenters. The van der Waals surface area contributed by atoms with E-state index in [2.05, 4.69) is 104 Å². The Bertz CT molecular complexity index is 3510. The van der Waals surface area contributed by atoms with Crippen LogP contribution in [0.4, 0.5) is 5.13 Å². The second kappa shape index (κ2) is 25.3. The Kier molecular flexibility index (Phi) is 16.8. The average Bonchev–Trinajstić information content (AvgIpc) is 3.45. The summed E-state index contributed by atoms with van der Waals surface area (Å²) in [5.41, 5.74) is 15.4. The predicted octanol–water partition coefficient (Wildman–Crippen LogP) is 12.1. The van der Waals surface area contributed by atoms with Gasteiger partial charge in [0, 0.05) is 22.6 Å². The lowest BCUT2D eigenvalue weighted by Gasteiger charge is -2.49. The second-order valence-corrected chi connectivity index (χ2v) is 21.3. The number of nitrogens with one attached hydrogen (secondary N) is 3. The predicted molar refractivity (Wildman–Crippen MR) is 322 cm³/mol. The standard InChI is InChI=1S/C66H55N9O5S2/c67-74-69-43-48-44-81-62-57(61(77)75(62)58(48)63(78)80-59(46-25-9-1-10-26-46)47-27-11-2-12-28-47)71-60(76)56(73-79-42-41-68-65(49-29-13-3-14-30-49,50-31-15-4-16-32-50)51-33-17-5-18-34-51)55-45-82-64(70-55)72-66(52-35-19-6-20-36-52,53-37-21-7-22-38-53)54-39-23-8-24-40-54/h1-40,45,57,59,62,68H,41-44H2,(H,70,72)(H,71,76)/t57?,62-/m1/s1. The molecule has 3 N–H and O–H groups in total. The number of carbonyl (C=O) groups is 3. The van der Waals surface area contributed by atoms with Crippen LogP contribution in [0.1, 0.15) is 56.3 Å². The highest BCUT2D eigenvalue weighted by Gasteiger charge is 2.55. The number of ether oxygens (including phenoxy) is 1. The van der Waals surface area contributed by atoms with Crippen molar-refractivity contribution in [3.8, 4) is 0 Å². The Labute approximate surface area is 483 Å². The normalized spacial score (nSPS) is 15.2. The Morgan fingerprint density at radius 3 is 1.54 bits per heavy atom. The first-order valence-electron chi connectivity index (χ1n) is 26.7. The van der Waals surface area contributed by atoms with Gasteiger partial charge in [-0.1, -0.05) is 253 Å². The number of azide groups is 1. The molecule has 0 saturated carbocycles. The number of anilines is 1. The van der Waals surface area contributed by atoms with E-state index in [1.165, 1.54) is 28.0 Å². The van der Waals surface area contributed by atoms with E-state index in [0.717, 1.165) is 44.5 Å². The third kappa shape index (κ3) is 11.2. The van der Waals surface area contributed by atoms with Crippen molar-refractivity contribution >= 4 is 51.7 Å². The maximum absolute atomic E-state index is 15.1. The molecule has 11 rings (SSSR count). The monoisotopic (exact) mass is 1120 g/mol. The first kappa shape index (κ1) is 54.4. The van der Waals surface area contributed by atoms with E-state index < -0.39 is 46.4 Å². The first-order valence-corrected chi connectivity index (χ1v) is 28.6. The number of oxime groups is 1. The molecule has 1 fully saturated rings. The Morgan fingerprint density at radius 1 is 0.646 bits per heavy atom. The quantitative estimate of drug-likeness (QED) is 0.00684. The third-order valence-corrected chi connectivity index (χ3v) is 16.6. The molecule has 1 saturated heterocycles. The summed E-state index contributed by atoms with van der Waals surface area (Å²) in [6, 6.07) is 78.4. The zero-order valence-electron chi connectivity index (χ0n) is 44.3. The number of fused-ring (bicyclic) bond motifs is 1. The van der Waals surface area contributed by atoms with E-state index >= 15 is 4.79 Å². The average molecular weight is 1120 g/mol. The van der Waals surface area contributed by atoms with Gasteiger partial charge < -0.3 is 20.2 Å². The Balaban J connectivity index is 0.913. The van der Waals surface area contributed by atoms with Crippen molar-refractivity contribution in [2.75, 3.05) is 30.8 Å². The zero-order valence-corrected chi connectivity index (χ0v) is 45.9. The first-order chi connectivity index (χ1) is 40.4. The summed E-state index contributed by atoms with van der Waals surface area (Å²) in [6.07, 6.45) is -0.820. The molecular formula is C66H55N9O5S2. The maximum atomic E-state index is 15.1. The van der Waals surface area contributed by atoms with Gasteiger partial charge in [-0.3, -0.25) is 19.8 Å². The number of β-lactam (4-membered cyclic amide) rings is 1. The lowest BCUT2D eigenvalue weighted by atomic mass is 9.77. The van der Waals surface area contributed by atoms with Crippen molar-refractivity contribution in [1.29, 1.82) is 0 Å². The van der Waals surface area contributed by atoms with Gasteiger partial charge in [0.25, 0.3) is 11.8 Å². The number of thioether (sulfide) groups is 1. The number of esters is 1. The molecule has 1 unspecified atom stereocenters. The van der Waals surface area contributed by atoms with Crippen LogP contribution in [0.3, 0.4) is 0 Å². The lowest BCUT2D eigenvalue weighted by Crippen LogP contribution is -2.71. The lowest BCUT2D eigenvalue weighted by molar-refractivity contribution is -0.154. The Hall–Kier alpha value is -9.57. The zero-order chi connectivity index (χ0) is 56.1. The number of thiazole rings is 1. The van der Waals surface area contributed by atoms with Crippen molar-refractivity contribution < 1.29 is 24.0 Å². The van der Waals surface area contributed by atoms with Crippen LogP contribution in [0.2, 0.25) is 0 Å². The summed E-state index contributed by atoms with van der Waals surface area (Å²) in [5, 5.41) is 20.4. The Morgan fingerprint density at radius 2 is 1.09 bits per heavy atom. The van der Waals surface area contributed by atoms with Crippen molar-refractivity contribution in [3.05, 3.63) is 320 Å². The molecule has 0 radical (unpaired) electrons. The molecule has 2 aliphatic heterocycles. The summed E-state index contributed by atoms with van der Waals surface area (Å²) >= 11 is 2.62. The van der Waals surface area contributed by atoms with Crippen LogP contribution in [0.15, 0.2) is 270 Å². The van der Waals surface area contributed by atoms with E-state index in [-0.39, 0.29) is 42.6 Å². The van der Waals surface area contributed by atoms with Gasteiger partial charge in [0.2, 0.25) is 0 Å². The minimum absolute atomic E-state index is 0.0190. The van der Waals surface area contributed by atoms with Crippen LogP contribution in [0.25, 0.3) is 10.4 Å². The summed E-state index contributed by atoms with van der Waals surface area (Å²) in [4.78, 5) is 59.7. The van der Waals surface area contributed by atoms with Gasteiger partial charge in [-0.2, -0.15) is 0 Å². The maximum Gasteiger partial charge on any atom is 0.356 e. The number of aromatic nitrogens is 1. The summed E-state index contributed by atoms with van der Waals surface area (Å²) in [7, 11) is 0. The summed E-state index contributed by atoms with van der Waals surface area (Å²) in [5.74, 6) is -1.84. The van der Waals surface area contributed by atoms with Crippen LogP contribution in [0, 0.1) is 0 Å². The highest BCUT2D eigenvalue weighted by atomic mass is 32.2. The van der Waals surface area contributed by atoms with Gasteiger partial charge in [0.1, 0.15) is 35.0 Å². The molecule has 0 bridgehead atoms. The van der Waals surface area contributed by atoms with Crippen LogP contribution in [-0.2, 0) is 35.0 Å². The molecule has 14 nitrogen and oxygen atoms in total. The SMILES string of the molecule is [N-]=[N+]=NCC1=C(C(=O)OC(c2ccccc2)c2ccccc2)N2C(=O)C(NC(=O)C(=NOCCNC(c3ccccc3)(c3ccccc3)c3ccccc3)c3csc(NC(c4ccccc4)(c4ccccc4)c4ccccc4)n3)[C@H]2SC1. The van der Waals surface area contributed by atoms with Crippen molar-refractivity contribution in [2.45, 2.75) is 28.6 Å². The van der Waals surface area contributed by atoms with E-state index in [0.29, 0.717) is 10.7 Å². The minimum Gasteiger partial charge on any atom is -0.448 e. The topological polar surface area (TPSA) is 183 Å². The van der Waals surface area contributed by atoms with E-state index in [1.54, 1.807) is 5.38 Å². The largest absolute Gasteiger partial charge is 0.448 e. The molecule has 0 aliphatic carbocycles. The van der Waals surface area contributed by atoms with E-state index in [4.69, 9.17) is 14.6 Å². The fourth-order valence-corrected chi connectivity index (χ4v) is 12.8. The smallest absolute Gasteiger partial charge is 0.356 e. The fraction of sp³-hybridized carbons (Fsp3) is 0.136. The van der Waals surface area contributed by atoms with Crippen molar-refractivity contribution in [1.82, 2.24) is 20.5 Å². The van der Waals surface area contributed by atoms with Crippen LogP contribution in [0.5, 0.6) is 0 Å². The number of benzene rings is 8. The number of hydrogen-bond acceptors (Lipinski definition) is 12. The minimum atomic E-state index is -1.10. The molecule has 16 heteroatoms. The van der Waals surface area contributed by atoms with Gasteiger partial charge in [0.05, 0.1) is 12.1 Å². The van der Waals surface area contributed by atoms with Gasteiger partial charge in [0.15, 0.2) is 16.9 Å². The second-order valence-electron chi connectivity index (χ2n) is 19.4. The van der Waals surface area contributed by atoms with Crippen LogP contribution >= 0.6 is 23.1 Å². The molecular weight excluding hydrogens is 1060 g/mol. The molecule has 406 valence electrons. The summed E-state index contributed by atoms with van der Waals surface area (Å²) < 4.78 is 6.29. The van der Waals surface area contributed by atoms with Gasteiger partial charge in [-0.15, -0.1) is 23.1 Å². The number of amides is 2. The van der Waals surface area contributed by atoms with Crippen LogP contribution < -0.4 is 16.0 Å². The van der Waals surface area contributed by atoms with Crippen molar-refractivity contribution in [3.63, 3.8) is 0 Å². The van der Waals surface area contributed by atoms with Gasteiger partial charge in [-0.05, 0) is 55.6 Å². The summed E-state index contributed by atoms with van der Waals surface area (Å²) in [6.45, 7) is 0.128. The molecule has 2 amide bonds. The molecule has 3 heterocycles. The molecule has 9 aromatic rings. The van der Waals surface area contributed by atoms with Gasteiger partial charge >= 0.3 is 5.97 Å². The van der Waals surface area contributed by atoms with E-state index in [1.807, 2.05) is 170 Å². The molecule has 1 aromatic heterocycles. The van der Waals surface area contributed by atoms with Gasteiger partial charge in [-0.25, -0.2) is 9.78 Å². The number of carbonyl (C=O) groups excluding carboxylic acids is 3. The highest BCUT2D eigenvalue weighted by Crippen LogP contribution is 2.44. The van der Waals surface area contributed by atoms with Crippen LogP contribution in [-0.4, -0.2) is 70.2 Å². The third-order valence-electron chi connectivity index (χ3n) is 14.5. The molecule has 0 spiro atoms. The number of nitrogens with zero attached hydrogens (tertiary/aromatic N) is 6. The molecule has 8 aromatic carbocycles. The highest BCUT2D eigenvalue weighted by molar-refractivity contribution is 8.00.